The normalized spacial score (nSPS) is 10.3. The van der Waals surface area contributed by atoms with Crippen LogP contribution in [0.5, 0.6) is 0 Å². The summed E-state index contributed by atoms with van der Waals surface area (Å²) >= 11 is 0. The zero-order valence-electron chi connectivity index (χ0n) is 43.7. The summed E-state index contributed by atoms with van der Waals surface area (Å²) in [4.78, 5) is 42.0. The number of hydrogen-bond acceptors (Lipinski definition) is 12. The third kappa shape index (κ3) is 14.0. The Morgan fingerprint density at radius 3 is 1.61 bits per heavy atom. The molecule has 0 aliphatic rings. The predicted molar refractivity (Wildman–Crippen MR) is 301 cm³/mol. The minimum atomic E-state index is 0. The van der Waals surface area contributed by atoms with Crippen LogP contribution in [-0.4, -0.2) is 86.7 Å². The Hall–Kier alpha value is -7.27. The van der Waals surface area contributed by atoms with Gasteiger partial charge in [-0.3, -0.25) is 43.9 Å². The van der Waals surface area contributed by atoms with E-state index in [-0.39, 0.29) is 126 Å². The molecule has 0 aliphatic heterocycles. The second-order valence-electron chi connectivity index (χ2n) is 17.5. The van der Waals surface area contributed by atoms with Gasteiger partial charge in [-0.25, -0.2) is 0 Å². The molecule has 24 heteroatoms. The summed E-state index contributed by atoms with van der Waals surface area (Å²) < 4.78 is 11.3. The standard InChI is InChI=1S/C11H8N3.5C10H6N3.6Pt/c1-8-12-11-10-5-3-2-4-9(10)6-7-14(11)13-8;1-3-11-7-8-2-5-13-6-4-12-10(13)9(1)8;1-3-11-7-9-8(1)2-5-13-6-4-12-10(9)13;1-2-8-9(11-4-1)3-6-13-7-5-12-10(8)13;1-2-4-9-8(3-1)10-11-5-6-13(10)7-12-9;1-2-4-9-8(3-1)7-12-13-6-5-11-10(9)13;;;;;;/h2-4,6-7H,1H3;2-7H;1-6H;1,3-7H;1-2,4-7H;1-3,5-7H;;;;;;/q6*-1;;;;;;. The van der Waals surface area contributed by atoms with E-state index >= 15 is 0 Å². The van der Waals surface area contributed by atoms with Gasteiger partial charge in [0.25, 0.3) is 0 Å². The van der Waals surface area contributed by atoms with Crippen LogP contribution in [0.15, 0.2) is 215 Å². The maximum absolute atomic E-state index is 4.36. The van der Waals surface area contributed by atoms with Crippen LogP contribution in [0, 0.1) is 43.5 Å². The molecule has 0 saturated carbocycles. The molecule has 0 saturated heterocycles. The number of hydrogen-bond donors (Lipinski definition) is 0. The Kier molecular flexibility index (Phi) is 23.2. The topological polar surface area (TPSA) is 181 Å². The van der Waals surface area contributed by atoms with Gasteiger partial charge in [-0.2, -0.15) is 16.3 Å². The maximum Gasteiger partial charge on any atom is 0.137 e. The fraction of sp³-hybridized carbons (Fsp3) is 0.0164. The van der Waals surface area contributed by atoms with Gasteiger partial charge in [-0.05, 0) is 55.1 Å². The fourth-order valence-corrected chi connectivity index (χ4v) is 8.93. The molecule has 0 atom stereocenters. The van der Waals surface area contributed by atoms with E-state index in [0.717, 1.165) is 105 Å². The zero-order valence-corrected chi connectivity index (χ0v) is 57.3. The Morgan fingerprint density at radius 1 is 0.365 bits per heavy atom. The molecule has 0 radical (unpaired) electrons. The predicted octanol–water partition coefficient (Wildman–Crippen LogP) is 10.4. The number of rotatable bonds is 0. The van der Waals surface area contributed by atoms with Gasteiger partial charge in [0.1, 0.15) is 5.82 Å². The molecule has 85 heavy (non-hydrogen) atoms. The fourth-order valence-electron chi connectivity index (χ4n) is 8.93. The van der Waals surface area contributed by atoms with Gasteiger partial charge in [-0.15, -0.1) is 113 Å². The minimum Gasteiger partial charge on any atom is -0.361 e. The molecule has 0 spiro atoms. The summed E-state index contributed by atoms with van der Waals surface area (Å²) in [5.74, 6) is 0.787. The Bertz CT molecular complexity index is 4520. The van der Waals surface area contributed by atoms with Crippen molar-refractivity contribution >= 4 is 98.8 Å². The summed E-state index contributed by atoms with van der Waals surface area (Å²) in [6.07, 6.45) is 39.6. The first-order valence-corrected chi connectivity index (χ1v) is 24.6. The molecule has 15 aromatic heterocycles. The largest absolute Gasteiger partial charge is 0.361 e. The number of nitrogens with zero attached hydrogens (tertiary/aromatic N) is 18. The van der Waals surface area contributed by atoms with E-state index in [2.05, 4.69) is 103 Å². The molecular weight excluding hydrogens is 2160 g/mol. The number of imidazole rings is 5. The van der Waals surface area contributed by atoms with Crippen molar-refractivity contribution in [1.29, 1.82) is 0 Å². The van der Waals surface area contributed by atoms with Gasteiger partial charge >= 0.3 is 0 Å². The molecule has 15 heterocycles. The number of fused-ring (bicyclic) bond motifs is 18. The molecule has 0 N–H and O–H groups in total. The van der Waals surface area contributed by atoms with E-state index in [0.29, 0.717) is 0 Å². The summed E-state index contributed by atoms with van der Waals surface area (Å²) in [6.45, 7) is 1.89. The van der Waals surface area contributed by atoms with E-state index in [1.807, 2.05) is 172 Å². The number of aryl methyl sites for hydroxylation is 1. The van der Waals surface area contributed by atoms with Crippen LogP contribution < -0.4 is 0 Å². The second kappa shape index (κ2) is 30.2. The van der Waals surface area contributed by atoms with Crippen LogP contribution in [0.2, 0.25) is 0 Å². The van der Waals surface area contributed by atoms with Crippen LogP contribution >= 0.6 is 0 Å². The molecule has 0 amide bonds. The third-order valence-electron chi connectivity index (χ3n) is 12.6. The van der Waals surface area contributed by atoms with Crippen LogP contribution in [0.3, 0.4) is 0 Å². The van der Waals surface area contributed by atoms with Crippen LogP contribution in [0.1, 0.15) is 5.82 Å². The van der Waals surface area contributed by atoms with Crippen LogP contribution in [0.25, 0.3) is 98.8 Å². The third-order valence-corrected chi connectivity index (χ3v) is 12.6. The van der Waals surface area contributed by atoms with Crippen molar-refractivity contribution in [1.82, 2.24) is 86.7 Å². The van der Waals surface area contributed by atoms with E-state index in [4.69, 9.17) is 0 Å². The van der Waals surface area contributed by atoms with Crippen molar-refractivity contribution in [3.8, 4) is 0 Å². The molecule has 18 aromatic rings. The smallest absolute Gasteiger partial charge is 0.137 e. The summed E-state index contributed by atoms with van der Waals surface area (Å²) in [6, 6.07) is 45.0. The molecule has 3 aromatic carbocycles. The van der Waals surface area contributed by atoms with Gasteiger partial charge in [-0.1, -0.05) is 69.0 Å². The van der Waals surface area contributed by atoms with Gasteiger partial charge < -0.3 is 32.6 Å². The molecular formula is C61H38N18Pt6-6. The molecule has 0 bridgehead atoms. The first-order chi connectivity index (χ1) is 39.1. The summed E-state index contributed by atoms with van der Waals surface area (Å²) in [5.41, 5.74) is 7.25. The Balaban J connectivity index is 0.000000144. The van der Waals surface area contributed by atoms with Crippen molar-refractivity contribution in [3.05, 3.63) is 257 Å². The van der Waals surface area contributed by atoms with Crippen molar-refractivity contribution < 1.29 is 126 Å². The number of aromatic nitrogens is 18. The first kappa shape index (κ1) is 65.3. The van der Waals surface area contributed by atoms with Crippen molar-refractivity contribution in [2.45, 2.75) is 6.92 Å². The Morgan fingerprint density at radius 2 is 0.882 bits per heavy atom. The van der Waals surface area contributed by atoms with Crippen molar-refractivity contribution in [3.63, 3.8) is 0 Å². The molecule has 18 nitrogen and oxygen atoms in total. The molecule has 438 valence electrons. The second-order valence-corrected chi connectivity index (χ2v) is 17.5. The zero-order chi connectivity index (χ0) is 52.9. The molecule has 0 fully saturated rings. The summed E-state index contributed by atoms with van der Waals surface area (Å²) in [7, 11) is 0. The summed E-state index contributed by atoms with van der Waals surface area (Å²) in [5, 5.41) is 18.8. The van der Waals surface area contributed by atoms with Crippen molar-refractivity contribution in [2.24, 2.45) is 0 Å². The minimum absolute atomic E-state index is 0. The van der Waals surface area contributed by atoms with Crippen LogP contribution in [-0.2, 0) is 126 Å². The molecule has 0 aliphatic carbocycles. The van der Waals surface area contributed by atoms with Gasteiger partial charge in [0.2, 0.25) is 0 Å². The van der Waals surface area contributed by atoms with Gasteiger partial charge in [0.05, 0.1) is 34.6 Å². The number of pyridine rings is 7. The van der Waals surface area contributed by atoms with Crippen molar-refractivity contribution in [2.75, 3.05) is 0 Å². The van der Waals surface area contributed by atoms with E-state index in [1.54, 1.807) is 71.0 Å². The average Bonchev–Trinajstić information content (AvgIpc) is 4.46. The monoisotopic (exact) mass is 2190 g/mol. The number of benzene rings is 3. The molecule has 18 rings (SSSR count). The van der Waals surface area contributed by atoms with Crippen LogP contribution in [0.4, 0.5) is 0 Å². The van der Waals surface area contributed by atoms with E-state index in [1.165, 1.54) is 0 Å². The van der Waals surface area contributed by atoms with E-state index < -0.39 is 0 Å². The van der Waals surface area contributed by atoms with Gasteiger partial charge in [0, 0.05) is 206 Å². The first-order valence-electron chi connectivity index (χ1n) is 24.6. The maximum atomic E-state index is 4.36. The Labute approximate surface area is 570 Å². The average molecular weight is 2190 g/mol. The van der Waals surface area contributed by atoms with E-state index in [9.17, 15) is 0 Å². The quantitative estimate of drug-likeness (QED) is 0.131. The van der Waals surface area contributed by atoms with Gasteiger partial charge in [0.15, 0.2) is 0 Å². The SMILES string of the molecule is Cc1nc2c3[c-]cccc3ccn2n1.[Pt].[Pt].[Pt].[Pt].[Pt].[Pt].[c-]1cccc2cnn3ccnc3c12.[c-]1cccc2ncn3ccnc3c12.[c-]1ccnc2ccn3ccnc3c12.[c-]1cncc2ccn3ccnc3c12.[c-]1nccc2ccn3ccnc3c12. The molecule has 0 unspecified atom stereocenters.